The van der Waals surface area contributed by atoms with Gasteiger partial charge in [-0.05, 0) is 49.1 Å². The molecule has 0 radical (unpaired) electrons. The molecule has 0 bridgehead atoms. The van der Waals surface area contributed by atoms with Gasteiger partial charge in [-0.1, -0.05) is 0 Å². The Hall–Kier alpha value is -2.01. The number of anilines is 2. The number of carbonyl (C=O) groups excluding carboxylic acids is 1. The predicted molar refractivity (Wildman–Crippen MR) is 85.2 cm³/mol. The number of hydrogen-bond acceptors (Lipinski definition) is 4. The number of nitrogen functional groups attached to an aromatic ring is 1. The Morgan fingerprint density at radius 3 is 2.80 bits per heavy atom. The van der Waals surface area contributed by atoms with Crippen molar-refractivity contribution < 1.29 is 4.79 Å². The van der Waals surface area contributed by atoms with E-state index in [0.717, 1.165) is 5.69 Å². The lowest BCUT2D eigenvalue weighted by Gasteiger charge is -2.12. The molecule has 1 aromatic carbocycles. The van der Waals surface area contributed by atoms with Gasteiger partial charge in [-0.3, -0.25) is 4.79 Å². The van der Waals surface area contributed by atoms with Crippen molar-refractivity contribution in [1.29, 1.82) is 0 Å². The minimum absolute atomic E-state index is 0.0853. The zero-order valence-corrected chi connectivity index (χ0v) is 12.5. The van der Waals surface area contributed by atoms with Gasteiger partial charge < -0.3 is 16.4 Å². The summed E-state index contributed by atoms with van der Waals surface area (Å²) in [5, 5.41) is 8.18. The minimum Gasteiger partial charge on any atom is -0.399 e. The minimum atomic E-state index is -0.0853. The van der Waals surface area contributed by atoms with E-state index >= 15 is 0 Å². The second kappa shape index (κ2) is 6.43. The van der Waals surface area contributed by atoms with Crippen molar-refractivity contribution in [3.05, 3.63) is 45.6 Å². The molecule has 4 N–H and O–H groups in total. The Kier molecular flexibility index (Phi) is 4.63. The van der Waals surface area contributed by atoms with Crippen molar-refractivity contribution in [1.82, 2.24) is 5.32 Å². The molecule has 0 fully saturated rings. The fourth-order valence-corrected chi connectivity index (χ4v) is 2.77. The van der Waals surface area contributed by atoms with Gasteiger partial charge in [-0.2, -0.15) is 0 Å². The van der Waals surface area contributed by atoms with Crippen LogP contribution in [0.2, 0.25) is 0 Å². The summed E-state index contributed by atoms with van der Waals surface area (Å²) in [6.45, 7) is 5.28. The van der Waals surface area contributed by atoms with Gasteiger partial charge in [-0.25, -0.2) is 0 Å². The highest BCUT2D eigenvalue weighted by Crippen LogP contribution is 2.22. The highest BCUT2D eigenvalue weighted by molar-refractivity contribution is 7.10. The van der Waals surface area contributed by atoms with Crippen LogP contribution in [0.1, 0.15) is 27.7 Å². The molecule has 0 aliphatic rings. The number of hydrogen-bond donors (Lipinski definition) is 3. The fraction of sp³-hybridized carbons (Fsp3) is 0.267. The molecule has 20 heavy (non-hydrogen) atoms. The smallest absolute Gasteiger partial charge is 0.253 e. The molecule has 0 aliphatic heterocycles. The van der Waals surface area contributed by atoms with E-state index in [-0.39, 0.29) is 5.91 Å². The van der Waals surface area contributed by atoms with E-state index in [1.54, 1.807) is 29.5 Å². The van der Waals surface area contributed by atoms with E-state index in [2.05, 4.69) is 29.0 Å². The number of thiophene rings is 1. The summed E-state index contributed by atoms with van der Waals surface area (Å²) in [5.74, 6) is -0.0853. The molecule has 4 nitrogen and oxygen atoms in total. The van der Waals surface area contributed by atoms with E-state index in [1.165, 1.54) is 10.4 Å². The first kappa shape index (κ1) is 14.4. The molecule has 1 heterocycles. The van der Waals surface area contributed by atoms with E-state index in [4.69, 9.17) is 5.73 Å². The Balaban J connectivity index is 2.19. The van der Waals surface area contributed by atoms with Gasteiger partial charge in [0.25, 0.3) is 5.91 Å². The molecule has 5 heteroatoms. The Labute approximate surface area is 123 Å². The summed E-state index contributed by atoms with van der Waals surface area (Å²) in [5.41, 5.74) is 9.10. The zero-order valence-electron chi connectivity index (χ0n) is 11.7. The summed E-state index contributed by atoms with van der Waals surface area (Å²) >= 11 is 1.70. The van der Waals surface area contributed by atoms with Crippen LogP contribution in [-0.4, -0.2) is 12.5 Å². The van der Waals surface area contributed by atoms with Crippen LogP contribution in [-0.2, 0) is 6.54 Å². The maximum Gasteiger partial charge on any atom is 0.253 e. The van der Waals surface area contributed by atoms with Gasteiger partial charge in [0, 0.05) is 29.3 Å². The molecule has 1 aromatic heterocycles. The van der Waals surface area contributed by atoms with E-state index in [9.17, 15) is 4.79 Å². The van der Waals surface area contributed by atoms with Crippen LogP contribution in [0.3, 0.4) is 0 Å². The van der Waals surface area contributed by atoms with Gasteiger partial charge in [0.2, 0.25) is 0 Å². The van der Waals surface area contributed by atoms with Gasteiger partial charge in [0.1, 0.15) is 0 Å². The van der Waals surface area contributed by atoms with Crippen molar-refractivity contribution >= 4 is 28.6 Å². The highest BCUT2D eigenvalue weighted by Gasteiger charge is 2.11. The number of amides is 1. The first-order chi connectivity index (χ1) is 9.61. The molecule has 1 amide bonds. The third kappa shape index (κ3) is 3.30. The van der Waals surface area contributed by atoms with Crippen molar-refractivity contribution in [2.45, 2.75) is 20.4 Å². The maximum absolute atomic E-state index is 12.0. The number of aryl methyl sites for hydroxylation is 1. The van der Waals surface area contributed by atoms with Gasteiger partial charge >= 0.3 is 0 Å². The monoisotopic (exact) mass is 289 g/mol. The molecule has 0 saturated carbocycles. The molecule has 106 valence electrons. The molecular formula is C15H19N3OS. The van der Waals surface area contributed by atoms with Gasteiger partial charge in [0.15, 0.2) is 0 Å². The van der Waals surface area contributed by atoms with E-state index < -0.39 is 0 Å². The van der Waals surface area contributed by atoms with Crippen LogP contribution in [0.5, 0.6) is 0 Å². The predicted octanol–water partition coefficient (Wildman–Crippen LogP) is 3.00. The normalized spacial score (nSPS) is 10.3. The third-order valence-electron chi connectivity index (χ3n) is 3.03. The largest absolute Gasteiger partial charge is 0.399 e. The summed E-state index contributed by atoms with van der Waals surface area (Å²) in [6, 6.07) is 7.38. The number of nitrogens with two attached hydrogens (primary N) is 1. The summed E-state index contributed by atoms with van der Waals surface area (Å²) in [7, 11) is 0. The highest BCUT2D eigenvalue weighted by atomic mass is 32.1. The summed E-state index contributed by atoms with van der Waals surface area (Å²) < 4.78 is 0. The first-order valence-corrected chi connectivity index (χ1v) is 7.44. The standard InChI is InChI=1S/C15H19N3OS/c1-3-17-15(19)12-5-4-11(16)8-13(12)18-9-14-10(2)6-7-20-14/h4-8,18H,3,9,16H2,1-2H3,(H,17,19). The maximum atomic E-state index is 12.0. The van der Waals surface area contributed by atoms with Crippen LogP contribution in [0.25, 0.3) is 0 Å². The topological polar surface area (TPSA) is 67.2 Å². The van der Waals surface area contributed by atoms with Crippen LogP contribution in [0, 0.1) is 6.92 Å². The Bertz CT molecular complexity index is 607. The number of rotatable bonds is 5. The summed E-state index contributed by atoms with van der Waals surface area (Å²) in [6.07, 6.45) is 0. The van der Waals surface area contributed by atoms with Crippen molar-refractivity contribution in [2.75, 3.05) is 17.6 Å². The Morgan fingerprint density at radius 2 is 2.15 bits per heavy atom. The summed E-state index contributed by atoms with van der Waals surface area (Å²) in [4.78, 5) is 13.3. The third-order valence-corrected chi connectivity index (χ3v) is 4.06. The zero-order chi connectivity index (χ0) is 14.5. The molecule has 0 saturated heterocycles. The van der Waals surface area contributed by atoms with E-state index in [0.29, 0.717) is 24.3 Å². The second-order valence-corrected chi connectivity index (χ2v) is 5.55. The van der Waals surface area contributed by atoms with Crippen molar-refractivity contribution in [3.8, 4) is 0 Å². The average molecular weight is 289 g/mol. The molecule has 2 aromatic rings. The average Bonchev–Trinajstić information content (AvgIpc) is 2.82. The number of carbonyl (C=O) groups is 1. The number of nitrogens with one attached hydrogen (secondary N) is 2. The molecular weight excluding hydrogens is 270 g/mol. The Morgan fingerprint density at radius 1 is 1.35 bits per heavy atom. The van der Waals surface area contributed by atoms with Crippen LogP contribution >= 0.6 is 11.3 Å². The number of benzene rings is 1. The lowest BCUT2D eigenvalue weighted by Crippen LogP contribution is -2.23. The van der Waals surface area contributed by atoms with E-state index in [1.807, 2.05) is 6.92 Å². The molecule has 0 unspecified atom stereocenters. The lowest BCUT2D eigenvalue weighted by molar-refractivity contribution is 0.0956. The van der Waals surface area contributed by atoms with Crippen LogP contribution in [0.4, 0.5) is 11.4 Å². The fourth-order valence-electron chi connectivity index (χ4n) is 1.92. The molecule has 2 rings (SSSR count). The molecule has 0 aliphatic carbocycles. The SMILES string of the molecule is CCNC(=O)c1ccc(N)cc1NCc1sccc1C. The molecule has 0 spiro atoms. The van der Waals surface area contributed by atoms with Gasteiger partial charge in [-0.15, -0.1) is 11.3 Å². The van der Waals surface area contributed by atoms with Crippen molar-refractivity contribution in [3.63, 3.8) is 0 Å². The molecule has 0 atom stereocenters. The first-order valence-electron chi connectivity index (χ1n) is 6.56. The lowest BCUT2D eigenvalue weighted by atomic mass is 10.1. The van der Waals surface area contributed by atoms with Crippen molar-refractivity contribution in [2.24, 2.45) is 0 Å². The van der Waals surface area contributed by atoms with Crippen LogP contribution in [0.15, 0.2) is 29.6 Å². The van der Waals surface area contributed by atoms with Crippen LogP contribution < -0.4 is 16.4 Å². The second-order valence-electron chi connectivity index (χ2n) is 4.54. The van der Waals surface area contributed by atoms with Gasteiger partial charge in [0.05, 0.1) is 5.56 Å². The quantitative estimate of drug-likeness (QED) is 0.741.